The summed E-state index contributed by atoms with van der Waals surface area (Å²) in [5.41, 5.74) is 1.57. The Morgan fingerprint density at radius 2 is 1.79 bits per heavy atom. The van der Waals surface area contributed by atoms with Crippen LogP contribution in [0.5, 0.6) is 11.5 Å². The molecule has 1 saturated heterocycles. The number of rotatable bonds is 5. The minimum Gasteiger partial charge on any atom is -0.493 e. The van der Waals surface area contributed by atoms with Crippen molar-refractivity contribution in [1.82, 2.24) is 4.90 Å². The highest BCUT2D eigenvalue weighted by molar-refractivity contribution is 8.18. The SMILES string of the molecule is COC(=O)CN1C(=O)SC(=Cc2cc(OC)c(OC)cc2C)C1=O. The van der Waals surface area contributed by atoms with Crippen LogP contribution >= 0.6 is 11.8 Å². The van der Waals surface area contributed by atoms with E-state index in [1.807, 2.05) is 6.92 Å². The Kier molecular flexibility index (Phi) is 5.50. The molecule has 0 aliphatic carbocycles. The summed E-state index contributed by atoms with van der Waals surface area (Å²) in [6, 6.07) is 3.51. The second-order valence-corrected chi connectivity index (χ2v) is 5.90. The molecule has 0 bridgehead atoms. The van der Waals surface area contributed by atoms with Crippen LogP contribution in [0, 0.1) is 6.92 Å². The maximum absolute atomic E-state index is 12.3. The summed E-state index contributed by atoms with van der Waals surface area (Å²) in [5, 5.41) is -0.505. The summed E-state index contributed by atoms with van der Waals surface area (Å²) in [6.45, 7) is 1.45. The third kappa shape index (κ3) is 3.53. The van der Waals surface area contributed by atoms with E-state index in [2.05, 4.69) is 4.74 Å². The molecule has 0 radical (unpaired) electrons. The molecule has 2 amide bonds. The van der Waals surface area contributed by atoms with E-state index >= 15 is 0 Å². The normalized spacial score (nSPS) is 15.8. The number of methoxy groups -OCH3 is 3. The van der Waals surface area contributed by atoms with Crippen molar-refractivity contribution in [3.63, 3.8) is 0 Å². The van der Waals surface area contributed by atoms with Gasteiger partial charge in [-0.25, -0.2) is 0 Å². The second kappa shape index (κ2) is 7.39. The highest BCUT2D eigenvalue weighted by Crippen LogP contribution is 2.35. The zero-order valence-electron chi connectivity index (χ0n) is 13.7. The number of benzene rings is 1. The van der Waals surface area contributed by atoms with Gasteiger partial charge in [0, 0.05) is 0 Å². The van der Waals surface area contributed by atoms with Gasteiger partial charge in [-0.2, -0.15) is 0 Å². The molecule has 1 fully saturated rings. The van der Waals surface area contributed by atoms with Crippen LogP contribution in [0.3, 0.4) is 0 Å². The Morgan fingerprint density at radius 1 is 1.17 bits per heavy atom. The lowest BCUT2D eigenvalue weighted by molar-refractivity contribution is -0.143. The number of carbonyl (C=O) groups excluding carboxylic acids is 3. The largest absolute Gasteiger partial charge is 0.493 e. The number of hydrogen-bond acceptors (Lipinski definition) is 7. The molecule has 0 unspecified atom stereocenters. The van der Waals surface area contributed by atoms with Gasteiger partial charge < -0.3 is 14.2 Å². The molecule has 8 heteroatoms. The molecule has 24 heavy (non-hydrogen) atoms. The Morgan fingerprint density at radius 3 is 2.38 bits per heavy atom. The maximum atomic E-state index is 12.3. The molecule has 7 nitrogen and oxygen atoms in total. The lowest BCUT2D eigenvalue weighted by Crippen LogP contribution is -2.34. The van der Waals surface area contributed by atoms with E-state index < -0.39 is 23.7 Å². The van der Waals surface area contributed by atoms with Crippen LogP contribution in [0.15, 0.2) is 17.0 Å². The Bertz CT molecular complexity index is 728. The summed E-state index contributed by atoms with van der Waals surface area (Å²) >= 11 is 0.780. The predicted molar refractivity (Wildman–Crippen MR) is 89.0 cm³/mol. The van der Waals surface area contributed by atoms with Gasteiger partial charge in [0.1, 0.15) is 6.54 Å². The molecular formula is C16H17NO6S. The minimum absolute atomic E-state index is 0.235. The first-order valence-electron chi connectivity index (χ1n) is 6.96. The van der Waals surface area contributed by atoms with Crippen molar-refractivity contribution in [1.29, 1.82) is 0 Å². The standard InChI is InChI=1S/C16H17NO6S/c1-9-5-11(21-2)12(22-3)6-10(9)7-13-15(19)17(16(20)24-13)8-14(18)23-4/h5-7H,8H2,1-4H3. The van der Waals surface area contributed by atoms with E-state index in [9.17, 15) is 14.4 Å². The lowest BCUT2D eigenvalue weighted by atomic mass is 10.1. The molecule has 0 atom stereocenters. The van der Waals surface area contributed by atoms with Crippen molar-refractivity contribution in [2.45, 2.75) is 6.92 Å². The number of esters is 1. The van der Waals surface area contributed by atoms with Crippen LogP contribution in [-0.2, 0) is 14.3 Å². The van der Waals surface area contributed by atoms with Crippen LogP contribution < -0.4 is 9.47 Å². The first-order valence-corrected chi connectivity index (χ1v) is 7.77. The van der Waals surface area contributed by atoms with Crippen molar-refractivity contribution in [2.24, 2.45) is 0 Å². The van der Waals surface area contributed by atoms with E-state index in [1.165, 1.54) is 21.3 Å². The number of hydrogen-bond donors (Lipinski definition) is 0. The number of amides is 2. The van der Waals surface area contributed by atoms with E-state index in [0.717, 1.165) is 27.8 Å². The third-order valence-corrected chi connectivity index (χ3v) is 4.35. The molecule has 2 rings (SSSR count). The Hall–Kier alpha value is -2.48. The van der Waals surface area contributed by atoms with Gasteiger partial charge in [0.15, 0.2) is 11.5 Å². The molecule has 1 heterocycles. The fraction of sp³-hybridized carbons (Fsp3) is 0.312. The average Bonchev–Trinajstić information content (AvgIpc) is 2.83. The van der Waals surface area contributed by atoms with Gasteiger partial charge in [0.05, 0.1) is 26.2 Å². The van der Waals surface area contributed by atoms with Gasteiger partial charge >= 0.3 is 5.97 Å². The van der Waals surface area contributed by atoms with Gasteiger partial charge in [-0.15, -0.1) is 0 Å². The fourth-order valence-electron chi connectivity index (χ4n) is 2.12. The number of ether oxygens (including phenoxy) is 3. The van der Waals surface area contributed by atoms with Crippen LogP contribution in [0.4, 0.5) is 4.79 Å². The van der Waals surface area contributed by atoms with Gasteiger partial charge in [0.25, 0.3) is 11.1 Å². The predicted octanol–water partition coefficient (Wildman–Crippen LogP) is 2.22. The zero-order chi connectivity index (χ0) is 17.9. The molecule has 1 aromatic rings. The molecule has 128 valence electrons. The first kappa shape index (κ1) is 17.9. The van der Waals surface area contributed by atoms with Crippen molar-refractivity contribution < 1.29 is 28.6 Å². The summed E-state index contributed by atoms with van der Waals surface area (Å²) < 4.78 is 15.0. The highest BCUT2D eigenvalue weighted by Gasteiger charge is 2.36. The number of nitrogens with zero attached hydrogens (tertiary/aromatic N) is 1. The molecule has 0 N–H and O–H groups in total. The van der Waals surface area contributed by atoms with Gasteiger partial charge in [0.2, 0.25) is 0 Å². The molecule has 0 aromatic heterocycles. The lowest BCUT2D eigenvalue weighted by Gasteiger charge is -2.11. The first-order chi connectivity index (χ1) is 11.4. The summed E-state index contributed by atoms with van der Waals surface area (Å²) in [6.07, 6.45) is 1.60. The molecule has 1 aliphatic rings. The van der Waals surface area contributed by atoms with Crippen LogP contribution in [0.2, 0.25) is 0 Å². The molecule has 0 saturated carbocycles. The van der Waals surface area contributed by atoms with Gasteiger partial charge in [-0.3, -0.25) is 19.3 Å². The average molecular weight is 351 g/mol. The molecule has 0 spiro atoms. The Labute approximate surface area is 143 Å². The summed E-state index contributed by atoms with van der Waals surface area (Å²) in [5.74, 6) is -0.0838. The molecular weight excluding hydrogens is 334 g/mol. The maximum Gasteiger partial charge on any atom is 0.325 e. The molecule has 1 aliphatic heterocycles. The zero-order valence-corrected chi connectivity index (χ0v) is 14.6. The second-order valence-electron chi connectivity index (χ2n) is 4.91. The smallest absolute Gasteiger partial charge is 0.325 e. The number of aryl methyl sites for hydroxylation is 1. The minimum atomic E-state index is -0.652. The van der Waals surface area contributed by atoms with Crippen molar-refractivity contribution in [2.75, 3.05) is 27.9 Å². The van der Waals surface area contributed by atoms with Crippen molar-refractivity contribution >= 4 is 35.0 Å². The van der Waals surface area contributed by atoms with Gasteiger partial charge in [-0.1, -0.05) is 0 Å². The fourth-order valence-corrected chi connectivity index (χ4v) is 2.95. The van der Waals surface area contributed by atoms with Crippen LogP contribution in [-0.4, -0.2) is 49.9 Å². The van der Waals surface area contributed by atoms with E-state index in [1.54, 1.807) is 18.2 Å². The van der Waals surface area contributed by atoms with Gasteiger partial charge in [-0.05, 0) is 48.0 Å². The summed E-state index contributed by atoms with van der Waals surface area (Å²) in [7, 11) is 4.25. The van der Waals surface area contributed by atoms with Crippen LogP contribution in [0.1, 0.15) is 11.1 Å². The molecule has 1 aromatic carbocycles. The third-order valence-electron chi connectivity index (χ3n) is 3.45. The number of thioether (sulfide) groups is 1. The van der Waals surface area contributed by atoms with E-state index in [-0.39, 0.29) is 4.91 Å². The number of carbonyl (C=O) groups is 3. The van der Waals surface area contributed by atoms with E-state index in [0.29, 0.717) is 11.5 Å². The highest BCUT2D eigenvalue weighted by atomic mass is 32.2. The van der Waals surface area contributed by atoms with Crippen molar-refractivity contribution in [3.05, 3.63) is 28.2 Å². The summed E-state index contributed by atoms with van der Waals surface area (Å²) in [4.78, 5) is 36.6. The quantitative estimate of drug-likeness (QED) is 0.594. The topological polar surface area (TPSA) is 82.1 Å². The number of imide groups is 1. The van der Waals surface area contributed by atoms with Crippen molar-refractivity contribution in [3.8, 4) is 11.5 Å². The van der Waals surface area contributed by atoms with Crippen LogP contribution in [0.25, 0.3) is 6.08 Å². The van der Waals surface area contributed by atoms with E-state index in [4.69, 9.17) is 9.47 Å². The Balaban J connectivity index is 2.34. The monoisotopic (exact) mass is 351 g/mol.